The maximum atomic E-state index is 12.2. The second-order valence-electron chi connectivity index (χ2n) is 6.36. The van der Waals surface area contributed by atoms with Crippen molar-refractivity contribution in [3.63, 3.8) is 0 Å². The van der Waals surface area contributed by atoms with E-state index in [0.717, 1.165) is 36.3 Å². The number of hydrogen-bond acceptors (Lipinski definition) is 3. The zero-order valence-corrected chi connectivity index (χ0v) is 13.4. The van der Waals surface area contributed by atoms with Gasteiger partial charge < -0.3 is 10.1 Å². The number of rotatable bonds is 4. The predicted octanol–water partition coefficient (Wildman–Crippen LogP) is 4.69. The van der Waals surface area contributed by atoms with E-state index < -0.39 is 0 Å². The van der Waals surface area contributed by atoms with Gasteiger partial charge in [0.2, 0.25) is 0 Å². The Kier molecular flexibility index (Phi) is 4.81. The number of allylic oxidation sites excluding steroid dienone is 2. The first-order valence-electron chi connectivity index (χ1n) is 8.45. The third-order valence-corrected chi connectivity index (χ3v) is 4.87. The number of ketones is 1. The number of hydrogen-bond donors (Lipinski definition) is 1. The third-order valence-electron chi connectivity index (χ3n) is 4.87. The van der Waals surface area contributed by atoms with Crippen molar-refractivity contribution in [1.82, 2.24) is 0 Å². The van der Waals surface area contributed by atoms with Crippen molar-refractivity contribution in [2.24, 2.45) is 5.92 Å². The van der Waals surface area contributed by atoms with Crippen LogP contribution in [-0.2, 0) is 4.79 Å². The van der Waals surface area contributed by atoms with E-state index in [1.54, 1.807) is 7.11 Å². The van der Waals surface area contributed by atoms with Gasteiger partial charge in [-0.05, 0) is 55.9 Å². The van der Waals surface area contributed by atoms with Gasteiger partial charge in [0.15, 0.2) is 5.78 Å². The number of Topliss-reactive ketones (excluding diaryl/α,β-unsaturated/α-hetero) is 1. The number of ether oxygens (including phenoxy) is 1. The van der Waals surface area contributed by atoms with Gasteiger partial charge in [0.05, 0.1) is 7.11 Å². The highest BCUT2D eigenvalue weighted by atomic mass is 16.5. The zero-order chi connectivity index (χ0) is 15.4. The van der Waals surface area contributed by atoms with Crippen molar-refractivity contribution in [3.8, 4) is 5.75 Å². The molecule has 0 saturated heterocycles. The van der Waals surface area contributed by atoms with Gasteiger partial charge in [-0.2, -0.15) is 0 Å². The average Bonchev–Trinajstić information content (AvgIpc) is 3.00. The molecule has 22 heavy (non-hydrogen) atoms. The monoisotopic (exact) mass is 299 g/mol. The summed E-state index contributed by atoms with van der Waals surface area (Å²) in [5, 5.41) is 3.58. The van der Waals surface area contributed by atoms with Crippen LogP contribution >= 0.6 is 0 Å². The molecule has 0 spiro atoms. The summed E-state index contributed by atoms with van der Waals surface area (Å²) in [6, 6.07) is 7.98. The largest absolute Gasteiger partial charge is 0.497 e. The molecule has 0 radical (unpaired) electrons. The van der Waals surface area contributed by atoms with Crippen LogP contribution in [-0.4, -0.2) is 12.9 Å². The fourth-order valence-electron chi connectivity index (χ4n) is 3.65. The van der Waals surface area contributed by atoms with Crippen LogP contribution in [0.25, 0.3) is 0 Å². The van der Waals surface area contributed by atoms with E-state index in [0.29, 0.717) is 11.7 Å². The van der Waals surface area contributed by atoms with Crippen molar-refractivity contribution in [1.29, 1.82) is 0 Å². The molecule has 0 aliphatic heterocycles. The average molecular weight is 299 g/mol. The Labute approximate surface area is 132 Å². The first-order valence-corrected chi connectivity index (χ1v) is 8.45. The van der Waals surface area contributed by atoms with E-state index in [2.05, 4.69) is 5.32 Å². The first-order chi connectivity index (χ1) is 10.8. The summed E-state index contributed by atoms with van der Waals surface area (Å²) >= 11 is 0. The second-order valence-corrected chi connectivity index (χ2v) is 6.36. The second kappa shape index (κ2) is 6.99. The summed E-state index contributed by atoms with van der Waals surface area (Å²) in [7, 11) is 1.68. The smallest absolute Gasteiger partial charge is 0.160 e. The van der Waals surface area contributed by atoms with Crippen LogP contribution < -0.4 is 10.1 Å². The fraction of sp³-hybridized carbons (Fsp3) is 0.526. The number of benzene rings is 1. The van der Waals surface area contributed by atoms with Crippen LogP contribution in [0.3, 0.4) is 0 Å². The van der Waals surface area contributed by atoms with E-state index in [4.69, 9.17) is 4.74 Å². The highest BCUT2D eigenvalue weighted by Crippen LogP contribution is 2.36. The summed E-state index contributed by atoms with van der Waals surface area (Å²) in [6.45, 7) is 0. The van der Waals surface area contributed by atoms with Crippen molar-refractivity contribution in [2.45, 2.75) is 51.4 Å². The third kappa shape index (κ3) is 3.34. The molecule has 2 saturated carbocycles. The quantitative estimate of drug-likeness (QED) is 0.819. The number of carbonyl (C=O) groups is 1. The Morgan fingerprint density at radius 2 is 1.77 bits per heavy atom. The maximum absolute atomic E-state index is 12.2. The van der Waals surface area contributed by atoms with Gasteiger partial charge in [-0.1, -0.05) is 19.3 Å². The minimum absolute atomic E-state index is 0.349. The molecule has 118 valence electrons. The Bertz CT molecular complexity index is 553. The highest BCUT2D eigenvalue weighted by molar-refractivity contribution is 5.98. The van der Waals surface area contributed by atoms with E-state index in [9.17, 15) is 4.79 Å². The summed E-state index contributed by atoms with van der Waals surface area (Å²) in [5.74, 6) is 1.73. The molecule has 0 atom stereocenters. The topological polar surface area (TPSA) is 38.3 Å². The van der Waals surface area contributed by atoms with Crippen LogP contribution in [0.2, 0.25) is 0 Å². The van der Waals surface area contributed by atoms with Gasteiger partial charge in [-0.3, -0.25) is 4.79 Å². The first kappa shape index (κ1) is 15.1. The molecule has 0 bridgehead atoms. The molecule has 3 nitrogen and oxygen atoms in total. The molecule has 0 unspecified atom stereocenters. The molecule has 1 aromatic carbocycles. The number of nitrogens with one attached hydrogen (secondary N) is 1. The molecule has 1 N–H and O–H groups in total. The lowest BCUT2D eigenvalue weighted by molar-refractivity contribution is -0.114. The van der Waals surface area contributed by atoms with Gasteiger partial charge in [-0.25, -0.2) is 0 Å². The van der Waals surface area contributed by atoms with Crippen LogP contribution in [0, 0.1) is 5.92 Å². The highest BCUT2D eigenvalue weighted by Gasteiger charge is 2.27. The SMILES string of the molecule is COc1ccc(N/C(=C2/CCCC2=O)C2CCCCC2)cc1. The molecule has 2 aliphatic carbocycles. The molecular formula is C19H25NO2. The van der Waals surface area contributed by atoms with Crippen LogP contribution in [0.15, 0.2) is 35.5 Å². The zero-order valence-electron chi connectivity index (χ0n) is 13.4. The lowest BCUT2D eigenvalue weighted by Crippen LogP contribution is -2.19. The van der Waals surface area contributed by atoms with E-state index in [-0.39, 0.29) is 0 Å². The summed E-state index contributed by atoms with van der Waals surface area (Å²) in [6.07, 6.45) is 8.96. The summed E-state index contributed by atoms with van der Waals surface area (Å²) in [4.78, 5) is 12.2. The number of carbonyl (C=O) groups excluding carboxylic acids is 1. The van der Waals surface area contributed by atoms with E-state index in [1.165, 1.54) is 37.8 Å². The Morgan fingerprint density at radius 1 is 1.05 bits per heavy atom. The molecule has 3 heteroatoms. The molecule has 0 heterocycles. The molecule has 0 amide bonds. The van der Waals surface area contributed by atoms with Gasteiger partial charge in [0.1, 0.15) is 5.75 Å². The molecule has 3 rings (SSSR count). The van der Waals surface area contributed by atoms with Gasteiger partial charge in [0.25, 0.3) is 0 Å². The standard InChI is InChI=1S/C19H25NO2/c1-22-16-12-10-15(11-13-16)20-19(14-6-3-2-4-7-14)17-8-5-9-18(17)21/h10-14,20H,2-9H2,1H3/b19-17-. The minimum atomic E-state index is 0.349. The van der Waals surface area contributed by atoms with Crippen molar-refractivity contribution in [2.75, 3.05) is 12.4 Å². The summed E-state index contributed by atoms with van der Waals surface area (Å²) < 4.78 is 5.21. The molecule has 1 aromatic rings. The predicted molar refractivity (Wildman–Crippen MR) is 89.1 cm³/mol. The Balaban J connectivity index is 1.86. The fourth-order valence-corrected chi connectivity index (χ4v) is 3.65. The van der Waals surface area contributed by atoms with Crippen LogP contribution in [0.4, 0.5) is 5.69 Å². The molecule has 0 aromatic heterocycles. The van der Waals surface area contributed by atoms with Crippen molar-refractivity contribution >= 4 is 11.5 Å². The number of anilines is 1. The normalized spacial score (nSPS) is 21.8. The van der Waals surface area contributed by atoms with E-state index in [1.807, 2.05) is 24.3 Å². The lowest BCUT2D eigenvalue weighted by Gasteiger charge is -2.27. The van der Waals surface area contributed by atoms with E-state index >= 15 is 0 Å². The van der Waals surface area contributed by atoms with Gasteiger partial charge in [-0.15, -0.1) is 0 Å². The maximum Gasteiger partial charge on any atom is 0.160 e. The van der Waals surface area contributed by atoms with Crippen molar-refractivity contribution in [3.05, 3.63) is 35.5 Å². The summed E-state index contributed by atoms with van der Waals surface area (Å²) in [5.41, 5.74) is 3.31. The van der Waals surface area contributed by atoms with Crippen LogP contribution in [0.1, 0.15) is 51.4 Å². The Morgan fingerprint density at radius 3 is 2.36 bits per heavy atom. The molecule has 2 aliphatic rings. The lowest BCUT2D eigenvalue weighted by atomic mass is 9.84. The molecule has 2 fully saturated rings. The van der Waals surface area contributed by atoms with Gasteiger partial charge in [0, 0.05) is 23.4 Å². The number of methoxy groups -OCH3 is 1. The van der Waals surface area contributed by atoms with Gasteiger partial charge >= 0.3 is 0 Å². The minimum Gasteiger partial charge on any atom is -0.497 e. The van der Waals surface area contributed by atoms with Crippen LogP contribution in [0.5, 0.6) is 5.75 Å². The molecular weight excluding hydrogens is 274 g/mol. The van der Waals surface area contributed by atoms with Crippen molar-refractivity contribution < 1.29 is 9.53 Å². The Hall–Kier alpha value is -1.77.